The van der Waals surface area contributed by atoms with E-state index in [2.05, 4.69) is 16.5 Å². The Bertz CT molecular complexity index is 1280. The summed E-state index contributed by atoms with van der Waals surface area (Å²) in [5.74, 6) is -0.963. The molecular weight excluding hydrogens is 471 g/mol. The van der Waals surface area contributed by atoms with Crippen LogP contribution in [0.15, 0.2) is 73.0 Å². The number of carbonyl (C=O) groups is 1. The molecule has 1 aliphatic rings. The predicted molar refractivity (Wildman–Crippen MR) is 126 cm³/mol. The van der Waals surface area contributed by atoms with E-state index in [-0.39, 0.29) is 5.11 Å². The van der Waals surface area contributed by atoms with Gasteiger partial charge >= 0.3 is 6.18 Å². The van der Waals surface area contributed by atoms with Gasteiger partial charge in [-0.05, 0) is 54.9 Å². The lowest BCUT2D eigenvalue weighted by Crippen LogP contribution is -2.35. The highest BCUT2D eigenvalue weighted by molar-refractivity contribution is 7.80. The van der Waals surface area contributed by atoms with Gasteiger partial charge in [0, 0.05) is 22.3 Å². The smallest absolute Gasteiger partial charge is 0.297 e. The van der Waals surface area contributed by atoms with E-state index in [9.17, 15) is 18.0 Å². The minimum atomic E-state index is -4.67. The lowest BCUT2D eigenvalue weighted by Gasteiger charge is -2.13. The van der Waals surface area contributed by atoms with Gasteiger partial charge in [0.2, 0.25) is 5.11 Å². The van der Waals surface area contributed by atoms with E-state index in [1.807, 2.05) is 24.3 Å². The van der Waals surface area contributed by atoms with E-state index in [1.165, 1.54) is 16.8 Å². The van der Waals surface area contributed by atoms with Crippen LogP contribution < -0.4 is 5.32 Å². The Hall–Kier alpha value is -3.23. The molecule has 1 heterocycles. The molecule has 4 nitrogen and oxygen atoms in total. The summed E-state index contributed by atoms with van der Waals surface area (Å²) >= 11 is 11.3. The summed E-state index contributed by atoms with van der Waals surface area (Å²) in [7, 11) is 0. The molecule has 2 aromatic carbocycles. The zero-order valence-electron chi connectivity index (χ0n) is 17.1. The Morgan fingerprint density at radius 2 is 1.82 bits per heavy atom. The molecule has 0 spiro atoms. The fourth-order valence-electron chi connectivity index (χ4n) is 3.47. The molecular formula is C24H17ClF3N3OS. The van der Waals surface area contributed by atoms with Gasteiger partial charge in [-0.2, -0.15) is 18.3 Å². The lowest BCUT2D eigenvalue weighted by atomic mass is 9.97. The van der Waals surface area contributed by atoms with Gasteiger partial charge in [0.25, 0.3) is 5.91 Å². The maximum absolute atomic E-state index is 13.3. The van der Waals surface area contributed by atoms with Gasteiger partial charge in [-0.15, -0.1) is 0 Å². The molecule has 0 saturated carbocycles. The summed E-state index contributed by atoms with van der Waals surface area (Å²) in [5.41, 5.74) is 1.55. The lowest BCUT2D eigenvalue weighted by molar-refractivity contribution is -0.137. The maximum Gasteiger partial charge on any atom is 0.417 e. The number of thiocarbonyl (C=S) groups is 1. The van der Waals surface area contributed by atoms with Gasteiger partial charge < -0.3 is 0 Å². The van der Waals surface area contributed by atoms with E-state index in [1.54, 1.807) is 18.3 Å². The van der Waals surface area contributed by atoms with Crippen molar-refractivity contribution >= 4 is 40.4 Å². The summed E-state index contributed by atoms with van der Waals surface area (Å²) in [6.07, 6.45) is 4.88. The molecule has 1 amide bonds. The van der Waals surface area contributed by atoms with Crippen LogP contribution in [0.2, 0.25) is 5.02 Å². The van der Waals surface area contributed by atoms with Crippen molar-refractivity contribution in [2.75, 3.05) is 0 Å². The highest BCUT2D eigenvalue weighted by Crippen LogP contribution is 2.33. The van der Waals surface area contributed by atoms with Crippen LogP contribution in [0.1, 0.15) is 34.3 Å². The third kappa shape index (κ3) is 5.07. The minimum Gasteiger partial charge on any atom is -0.297 e. The van der Waals surface area contributed by atoms with Crippen molar-refractivity contribution in [1.29, 1.82) is 0 Å². The number of carbonyl (C=O) groups excluding carboxylic acids is 1. The van der Waals surface area contributed by atoms with E-state index in [4.69, 9.17) is 23.8 Å². The number of halogens is 4. The molecule has 1 N–H and O–H groups in total. The quantitative estimate of drug-likeness (QED) is 0.428. The average molecular weight is 488 g/mol. The Balaban J connectivity index is 1.68. The van der Waals surface area contributed by atoms with E-state index in [0.29, 0.717) is 10.7 Å². The zero-order chi connectivity index (χ0) is 23.6. The van der Waals surface area contributed by atoms with Crippen molar-refractivity contribution in [3.8, 4) is 11.3 Å². The molecule has 3 aromatic rings. The summed E-state index contributed by atoms with van der Waals surface area (Å²) in [4.78, 5) is 12.6. The van der Waals surface area contributed by atoms with Crippen LogP contribution in [-0.2, 0) is 6.18 Å². The number of allylic oxidation sites excluding steroid dienone is 4. The van der Waals surface area contributed by atoms with Crippen LogP contribution in [-0.4, -0.2) is 20.8 Å². The molecule has 9 heteroatoms. The van der Waals surface area contributed by atoms with Crippen LogP contribution >= 0.6 is 23.8 Å². The SMILES string of the molecule is O=C(NC(=S)n1cc(C2=CCCC=C2)c(-c2ccc(Cl)cc2)n1)c1ccccc1C(F)(F)F. The standard InChI is InChI=1S/C24H17ClF3N3OS/c25-17-12-10-16(11-13-17)21-19(15-6-2-1-3-7-15)14-31(30-21)23(33)29-22(32)18-8-4-5-9-20(18)24(26,27)28/h2,4-14H,1,3H2,(H,29,32,33). The van der Waals surface area contributed by atoms with E-state index < -0.39 is 23.2 Å². The molecule has 1 aromatic heterocycles. The van der Waals surface area contributed by atoms with Gasteiger partial charge in [0.1, 0.15) is 5.69 Å². The first-order valence-corrected chi connectivity index (χ1v) is 10.8. The second-order valence-corrected chi connectivity index (χ2v) is 8.11. The average Bonchev–Trinajstić information content (AvgIpc) is 3.25. The third-order valence-corrected chi connectivity index (χ3v) is 5.58. The first kappa shape index (κ1) is 22.9. The molecule has 0 bridgehead atoms. The normalized spacial score (nSPS) is 13.5. The molecule has 0 radical (unpaired) electrons. The molecule has 0 saturated heterocycles. The number of nitrogens with one attached hydrogen (secondary N) is 1. The first-order valence-electron chi connectivity index (χ1n) is 9.98. The minimum absolute atomic E-state index is 0.140. The molecule has 33 heavy (non-hydrogen) atoms. The van der Waals surface area contributed by atoms with Gasteiger partial charge in [-0.25, -0.2) is 4.68 Å². The highest BCUT2D eigenvalue weighted by atomic mass is 35.5. The zero-order valence-corrected chi connectivity index (χ0v) is 18.6. The van der Waals surface area contributed by atoms with Crippen molar-refractivity contribution in [3.05, 3.63) is 94.7 Å². The predicted octanol–water partition coefficient (Wildman–Crippen LogP) is 6.52. The number of benzene rings is 2. The molecule has 0 unspecified atom stereocenters. The van der Waals surface area contributed by atoms with Crippen LogP contribution in [0, 0.1) is 0 Å². The van der Waals surface area contributed by atoms with Crippen molar-refractivity contribution in [3.63, 3.8) is 0 Å². The summed E-state index contributed by atoms with van der Waals surface area (Å²) in [6, 6.07) is 11.6. The number of aromatic nitrogens is 2. The van der Waals surface area contributed by atoms with Gasteiger partial charge in [-0.1, -0.05) is 54.1 Å². The van der Waals surface area contributed by atoms with Gasteiger partial charge in [0.05, 0.1) is 11.1 Å². The molecule has 168 valence electrons. The maximum atomic E-state index is 13.3. The summed E-state index contributed by atoms with van der Waals surface area (Å²) in [6.45, 7) is 0. The number of hydrogen-bond donors (Lipinski definition) is 1. The number of rotatable bonds is 3. The van der Waals surface area contributed by atoms with Gasteiger partial charge in [-0.3, -0.25) is 10.1 Å². The first-order chi connectivity index (χ1) is 15.7. The van der Waals surface area contributed by atoms with Crippen molar-refractivity contribution in [2.45, 2.75) is 19.0 Å². The topological polar surface area (TPSA) is 46.9 Å². The molecule has 0 aliphatic heterocycles. The van der Waals surface area contributed by atoms with Crippen LogP contribution in [0.25, 0.3) is 16.8 Å². The summed E-state index contributed by atoms with van der Waals surface area (Å²) < 4.78 is 41.2. The Morgan fingerprint density at radius 3 is 2.48 bits per heavy atom. The van der Waals surface area contributed by atoms with E-state index >= 15 is 0 Å². The van der Waals surface area contributed by atoms with Crippen LogP contribution in [0.3, 0.4) is 0 Å². The second kappa shape index (κ2) is 9.33. The van der Waals surface area contributed by atoms with Crippen molar-refractivity contribution in [2.24, 2.45) is 0 Å². The highest BCUT2D eigenvalue weighted by Gasteiger charge is 2.35. The second-order valence-electron chi connectivity index (χ2n) is 7.28. The number of hydrogen-bond acceptors (Lipinski definition) is 3. The molecule has 0 fully saturated rings. The van der Waals surface area contributed by atoms with Gasteiger partial charge in [0.15, 0.2) is 0 Å². The molecule has 0 atom stereocenters. The fraction of sp³-hybridized carbons (Fsp3) is 0.125. The van der Waals surface area contributed by atoms with E-state index in [0.717, 1.165) is 41.7 Å². The van der Waals surface area contributed by atoms with Crippen molar-refractivity contribution in [1.82, 2.24) is 15.1 Å². The van der Waals surface area contributed by atoms with Crippen LogP contribution in [0.5, 0.6) is 0 Å². The number of amides is 1. The largest absolute Gasteiger partial charge is 0.417 e. The van der Waals surface area contributed by atoms with Crippen LogP contribution in [0.4, 0.5) is 13.2 Å². The number of alkyl halides is 3. The third-order valence-electron chi connectivity index (χ3n) is 5.04. The molecule has 4 rings (SSSR count). The summed E-state index contributed by atoms with van der Waals surface area (Å²) in [5, 5.41) is 7.32. The Labute approximate surface area is 198 Å². The Morgan fingerprint density at radius 1 is 1.09 bits per heavy atom. The monoisotopic (exact) mass is 487 g/mol. The number of nitrogens with zero attached hydrogens (tertiary/aromatic N) is 2. The van der Waals surface area contributed by atoms with Crippen molar-refractivity contribution < 1.29 is 18.0 Å². The fourth-order valence-corrected chi connectivity index (χ4v) is 3.79. The molecule has 1 aliphatic carbocycles. The Kier molecular flexibility index (Phi) is 6.49.